The van der Waals surface area contributed by atoms with Crippen LogP contribution < -0.4 is 4.74 Å². The van der Waals surface area contributed by atoms with E-state index in [9.17, 15) is 15.0 Å². The topological polar surface area (TPSA) is 97.0 Å². The Bertz CT molecular complexity index is 813. The quantitative estimate of drug-likeness (QED) is 0.757. The molecule has 0 aliphatic rings. The summed E-state index contributed by atoms with van der Waals surface area (Å²) in [6.45, 7) is 0.0366. The van der Waals surface area contributed by atoms with Crippen molar-refractivity contribution in [1.82, 2.24) is 14.6 Å². The second-order valence-electron chi connectivity index (χ2n) is 4.31. The summed E-state index contributed by atoms with van der Waals surface area (Å²) in [7, 11) is 0. The summed E-state index contributed by atoms with van der Waals surface area (Å²) in [5, 5.41) is 26.4. The molecule has 0 bridgehead atoms. The van der Waals surface area contributed by atoms with Crippen LogP contribution in [0.15, 0.2) is 42.5 Å². The van der Waals surface area contributed by atoms with Crippen molar-refractivity contribution >= 4 is 11.6 Å². The number of hydrogen-bond donors (Lipinski definition) is 2. The average molecular weight is 285 g/mol. The first-order chi connectivity index (χ1) is 10.1. The molecule has 2 aromatic heterocycles. The molecule has 0 radical (unpaired) electrons. The van der Waals surface area contributed by atoms with E-state index in [0.717, 1.165) is 0 Å². The highest BCUT2D eigenvalue weighted by Crippen LogP contribution is 2.19. The van der Waals surface area contributed by atoms with Gasteiger partial charge in [0.15, 0.2) is 11.5 Å². The zero-order valence-corrected chi connectivity index (χ0v) is 10.8. The van der Waals surface area contributed by atoms with Crippen molar-refractivity contribution in [1.29, 1.82) is 0 Å². The molecule has 3 aromatic rings. The number of fused-ring (bicyclic) bond motifs is 1. The molecule has 2 N–H and O–H groups in total. The van der Waals surface area contributed by atoms with Gasteiger partial charge in [-0.05, 0) is 24.3 Å². The highest BCUT2D eigenvalue weighted by Gasteiger charge is 2.14. The zero-order chi connectivity index (χ0) is 14.8. The minimum absolute atomic E-state index is 0.0366. The van der Waals surface area contributed by atoms with Gasteiger partial charge in [-0.2, -0.15) is 0 Å². The van der Waals surface area contributed by atoms with Gasteiger partial charge >= 0.3 is 5.97 Å². The third-order valence-electron chi connectivity index (χ3n) is 2.90. The first-order valence-electron chi connectivity index (χ1n) is 6.13. The van der Waals surface area contributed by atoms with E-state index >= 15 is 0 Å². The Morgan fingerprint density at radius 3 is 2.76 bits per heavy atom. The van der Waals surface area contributed by atoms with Crippen LogP contribution in [-0.2, 0) is 6.61 Å². The normalized spacial score (nSPS) is 10.7. The Morgan fingerprint density at radius 2 is 2.00 bits per heavy atom. The van der Waals surface area contributed by atoms with Crippen molar-refractivity contribution in [2.45, 2.75) is 6.61 Å². The number of carboxylic acids is 1. The SMILES string of the molecule is O=C(O)c1cccc2nnc(COc3cccc(O)c3)n12. The predicted octanol–water partition coefficient (Wildman–Crippen LogP) is 1.71. The molecular formula is C14H11N3O4. The summed E-state index contributed by atoms with van der Waals surface area (Å²) < 4.78 is 6.92. The first kappa shape index (κ1) is 12.9. The minimum atomic E-state index is -1.07. The Balaban J connectivity index is 1.92. The second-order valence-corrected chi connectivity index (χ2v) is 4.31. The molecular weight excluding hydrogens is 274 g/mol. The lowest BCUT2D eigenvalue weighted by molar-refractivity contribution is 0.0688. The molecule has 106 valence electrons. The summed E-state index contributed by atoms with van der Waals surface area (Å²) in [6.07, 6.45) is 0. The van der Waals surface area contributed by atoms with Gasteiger partial charge in [-0.25, -0.2) is 4.79 Å². The van der Waals surface area contributed by atoms with Crippen LogP contribution in [0.5, 0.6) is 11.5 Å². The van der Waals surface area contributed by atoms with Crippen molar-refractivity contribution in [3.8, 4) is 11.5 Å². The lowest BCUT2D eigenvalue weighted by atomic mass is 10.3. The smallest absolute Gasteiger partial charge is 0.352 e. The molecule has 7 heteroatoms. The number of rotatable bonds is 4. The van der Waals surface area contributed by atoms with Gasteiger partial charge in [-0.3, -0.25) is 4.40 Å². The molecule has 3 rings (SSSR count). The Kier molecular flexibility index (Phi) is 3.15. The molecule has 0 aliphatic heterocycles. The van der Waals surface area contributed by atoms with E-state index in [1.165, 1.54) is 22.6 Å². The summed E-state index contributed by atoms with van der Waals surface area (Å²) in [5.41, 5.74) is 0.497. The van der Waals surface area contributed by atoms with E-state index in [1.54, 1.807) is 24.3 Å². The third-order valence-corrected chi connectivity index (χ3v) is 2.90. The molecule has 0 aliphatic carbocycles. The second kappa shape index (κ2) is 5.12. The lowest BCUT2D eigenvalue weighted by Crippen LogP contribution is -2.09. The van der Waals surface area contributed by atoms with Crippen molar-refractivity contribution in [3.05, 3.63) is 54.0 Å². The van der Waals surface area contributed by atoms with Gasteiger partial charge in [-0.1, -0.05) is 12.1 Å². The van der Waals surface area contributed by atoms with Crippen LogP contribution in [0.4, 0.5) is 0 Å². The van der Waals surface area contributed by atoms with Crippen LogP contribution in [-0.4, -0.2) is 30.8 Å². The van der Waals surface area contributed by atoms with Gasteiger partial charge < -0.3 is 14.9 Å². The van der Waals surface area contributed by atoms with Crippen LogP contribution in [0.2, 0.25) is 0 Å². The zero-order valence-electron chi connectivity index (χ0n) is 10.8. The fourth-order valence-corrected chi connectivity index (χ4v) is 1.98. The van der Waals surface area contributed by atoms with E-state index in [0.29, 0.717) is 17.2 Å². The minimum Gasteiger partial charge on any atom is -0.508 e. The highest BCUT2D eigenvalue weighted by atomic mass is 16.5. The molecule has 0 fully saturated rings. The van der Waals surface area contributed by atoms with E-state index in [1.807, 2.05) is 0 Å². The fourth-order valence-electron chi connectivity index (χ4n) is 1.98. The van der Waals surface area contributed by atoms with E-state index in [4.69, 9.17) is 4.74 Å². The van der Waals surface area contributed by atoms with E-state index in [2.05, 4.69) is 10.2 Å². The summed E-state index contributed by atoms with van der Waals surface area (Å²) in [5.74, 6) is -0.158. The fraction of sp³-hybridized carbons (Fsp3) is 0.0714. The molecule has 2 heterocycles. The summed E-state index contributed by atoms with van der Waals surface area (Å²) in [4.78, 5) is 11.2. The van der Waals surface area contributed by atoms with Crippen molar-refractivity contribution in [2.75, 3.05) is 0 Å². The number of benzene rings is 1. The number of aromatic nitrogens is 3. The molecule has 1 aromatic carbocycles. The molecule has 21 heavy (non-hydrogen) atoms. The molecule has 7 nitrogen and oxygen atoms in total. The van der Waals surface area contributed by atoms with Gasteiger partial charge in [-0.15, -0.1) is 10.2 Å². The molecule has 0 amide bonds. The molecule has 0 saturated heterocycles. The third kappa shape index (κ3) is 2.48. The Hall–Kier alpha value is -3.09. The highest BCUT2D eigenvalue weighted by molar-refractivity contribution is 5.86. The van der Waals surface area contributed by atoms with Gasteiger partial charge in [0.1, 0.15) is 23.8 Å². The van der Waals surface area contributed by atoms with Crippen molar-refractivity contribution in [3.63, 3.8) is 0 Å². The number of pyridine rings is 1. The number of ether oxygens (including phenoxy) is 1. The number of aromatic carboxylic acids is 1. The van der Waals surface area contributed by atoms with Crippen LogP contribution in [0, 0.1) is 0 Å². The maximum atomic E-state index is 11.2. The maximum absolute atomic E-state index is 11.2. The van der Waals surface area contributed by atoms with Gasteiger partial charge in [0.05, 0.1) is 0 Å². The monoisotopic (exact) mass is 285 g/mol. The summed E-state index contributed by atoms with van der Waals surface area (Å²) in [6, 6.07) is 11.1. The lowest BCUT2D eigenvalue weighted by Gasteiger charge is -2.06. The number of nitrogens with zero attached hydrogens (tertiary/aromatic N) is 3. The van der Waals surface area contributed by atoms with Crippen LogP contribution >= 0.6 is 0 Å². The number of aromatic hydroxyl groups is 1. The standard InChI is InChI=1S/C14H11N3O4/c18-9-3-1-4-10(7-9)21-8-13-16-15-12-6-2-5-11(14(19)20)17(12)13/h1-7,18H,8H2,(H,19,20). The predicted molar refractivity (Wildman–Crippen MR) is 72.4 cm³/mol. The molecule has 0 atom stereocenters. The van der Waals surface area contributed by atoms with Crippen molar-refractivity contribution < 1.29 is 19.7 Å². The number of carboxylic acid groups (broad SMARTS) is 1. The molecule has 0 spiro atoms. The van der Waals surface area contributed by atoms with Gasteiger partial charge in [0.25, 0.3) is 0 Å². The average Bonchev–Trinajstić information content (AvgIpc) is 2.88. The van der Waals surface area contributed by atoms with E-state index in [-0.39, 0.29) is 18.1 Å². The Labute approximate surface area is 119 Å². The molecule has 0 unspecified atom stereocenters. The largest absolute Gasteiger partial charge is 0.508 e. The molecule has 0 saturated carbocycles. The number of phenols is 1. The van der Waals surface area contributed by atoms with Crippen LogP contribution in [0.1, 0.15) is 16.3 Å². The number of phenolic OH excluding ortho intramolecular Hbond substituents is 1. The van der Waals surface area contributed by atoms with E-state index < -0.39 is 5.97 Å². The van der Waals surface area contributed by atoms with Gasteiger partial charge in [0, 0.05) is 6.07 Å². The Morgan fingerprint density at radius 1 is 1.19 bits per heavy atom. The summed E-state index contributed by atoms with van der Waals surface area (Å²) >= 11 is 0. The van der Waals surface area contributed by atoms with Crippen molar-refractivity contribution in [2.24, 2.45) is 0 Å². The number of hydrogen-bond acceptors (Lipinski definition) is 5. The maximum Gasteiger partial charge on any atom is 0.352 e. The van der Waals surface area contributed by atoms with Gasteiger partial charge in [0.2, 0.25) is 0 Å². The first-order valence-corrected chi connectivity index (χ1v) is 6.13. The van der Waals surface area contributed by atoms with Crippen LogP contribution in [0.3, 0.4) is 0 Å². The number of carbonyl (C=O) groups is 1. The van der Waals surface area contributed by atoms with Crippen LogP contribution in [0.25, 0.3) is 5.65 Å².